The van der Waals surface area contributed by atoms with Crippen molar-refractivity contribution in [2.24, 2.45) is 5.92 Å². The van der Waals surface area contributed by atoms with Crippen LogP contribution in [-0.4, -0.2) is 41.1 Å². The number of carboxylic acid groups (broad SMARTS) is 1. The maximum Gasteiger partial charge on any atom is 0.308 e. The van der Waals surface area contributed by atoms with Gasteiger partial charge in [-0.1, -0.05) is 6.07 Å². The van der Waals surface area contributed by atoms with Gasteiger partial charge >= 0.3 is 5.97 Å². The number of hydrogen-bond donors (Lipinski definition) is 1. The molecule has 0 spiro atoms. The second kappa shape index (κ2) is 6.56. The molecule has 1 N–H and O–H groups in total. The Kier molecular flexibility index (Phi) is 4.77. The fraction of sp³-hybridized carbons (Fsp3) is 0.467. The second-order valence-corrected chi connectivity index (χ2v) is 5.18. The van der Waals surface area contributed by atoms with E-state index in [-0.39, 0.29) is 18.2 Å². The van der Waals surface area contributed by atoms with Crippen LogP contribution < -0.4 is 4.74 Å². The van der Waals surface area contributed by atoms with E-state index in [1.165, 1.54) is 23.1 Å². The number of carbonyl (C=O) groups is 2. The smallest absolute Gasteiger partial charge is 0.308 e. The van der Waals surface area contributed by atoms with Crippen LogP contribution in [0.3, 0.4) is 0 Å². The number of aliphatic carboxylic acids is 1. The molecule has 6 heteroatoms. The average molecular weight is 295 g/mol. The molecule has 0 bridgehead atoms. The number of amides is 1. The number of carboxylic acids is 1. The molecule has 5 nitrogen and oxygen atoms in total. The van der Waals surface area contributed by atoms with Crippen LogP contribution in [-0.2, 0) is 9.59 Å². The Morgan fingerprint density at radius 1 is 1.48 bits per heavy atom. The Bertz CT molecular complexity index is 534. The van der Waals surface area contributed by atoms with E-state index in [1.54, 1.807) is 13.0 Å². The van der Waals surface area contributed by atoms with Crippen molar-refractivity contribution in [1.29, 1.82) is 0 Å². The molecular formula is C15H18FNO4. The fourth-order valence-corrected chi connectivity index (χ4v) is 2.43. The van der Waals surface area contributed by atoms with E-state index < -0.39 is 23.8 Å². The van der Waals surface area contributed by atoms with Gasteiger partial charge in [-0.3, -0.25) is 9.59 Å². The number of benzene rings is 1. The minimum atomic E-state index is -0.883. The van der Waals surface area contributed by atoms with Crippen molar-refractivity contribution in [2.75, 3.05) is 13.1 Å². The molecule has 0 unspecified atom stereocenters. The van der Waals surface area contributed by atoms with E-state index in [1.807, 2.05) is 0 Å². The number of carbonyl (C=O) groups excluding carboxylic acids is 1. The molecular weight excluding hydrogens is 277 g/mol. The first-order valence-electron chi connectivity index (χ1n) is 6.91. The monoisotopic (exact) mass is 295 g/mol. The lowest BCUT2D eigenvalue weighted by Crippen LogP contribution is -2.47. The molecule has 1 saturated heterocycles. The molecule has 21 heavy (non-hydrogen) atoms. The highest BCUT2D eigenvalue weighted by Gasteiger charge is 2.30. The van der Waals surface area contributed by atoms with Crippen LogP contribution in [0.25, 0.3) is 0 Å². The molecule has 1 aromatic carbocycles. The molecule has 1 aliphatic rings. The highest BCUT2D eigenvalue weighted by molar-refractivity contribution is 5.82. The maximum atomic E-state index is 13.1. The SMILES string of the molecule is C[C@@H](Oc1cccc(F)c1)C(=O)N1CCC[C@@H](C(=O)O)C1. The molecule has 1 aromatic rings. The molecule has 0 radical (unpaired) electrons. The summed E-state index contributed by atoms with van der Waals surface area (Å²) < 4.78 is 18.5. The molecule has 2 rings (SSSR count). The third-order valence-electron chi connectivity index (χ3n) is 3.54. The highest BCUT2D eigenvalue weighted by Crippen LogP contribution is 2.19. The number of rotatable bonds is 4. The number of nitrogens with zero attached hydrogens (tertiary/aromatic N) is 1. The molecule has 0 aliphatic carbocycles. The summed E-state index contributed by atoms with van der Waals surface area (Å²) in [6.45, 7) is 2.31. The van der Waals surface area contributed by atoms with Crippen molar-refractivity contribution in [2.45, 2.75) is 25.9 Å². The van der Waals surface area contributed by atoms with Crippen LogP contribution in [0.15, 0.2) is 24.3 Å². The molecule has 114 valence electrons. The van der Waals surface area contributed by atoms with Crippen molar-refractivity contribution in [3.63, 3.8) is 0 Å². The summed E-state index contributed by atoms with van der Waals surface area (Å²) in [7, 11) is 0. The van der Waals surface area contributed by atoms with Crippen LogP contribution in [0.1, 0.15) is 19.8 Å². The maximum absolute atomic E-state index is 13.1. The zero-order valence-corrected chi connectivity index (χ0v) is 11.8. The predicted molar refractivity (Wildman–Crippen MR) is 73.4 cm³/mol. The normalized spacial score (nSPS) is 19.9. The van der Waals surface area contributed by atoms with Gasteiger partial charge in [-0.15, -0.1) is 0 Å². The van der Waals surface area contributed by atoms with E-state index in [2.05, 4.69) is 0 Å². The standard InChI is InChI=1S/C15H18FNO4/c1-10(21-13-6-2-5-12(16)8-13)14(18)17-7-3-4-11(9-17)15(19)20/h2,5-6,8,10-11H,3-4,7,9H2,1H3,(H,19,20)/t10-,11-/m1/s1. The van der Waals surface area contributed by atoms with Gasteiger partial charge in [0.25, 0.3) is 5.91 Å². The first kappa shape index (κ1) is 15.3. The zero-order valence-electron chi connectivity index (χ0n) is 11.8. The van der Waals surface area contributed by atoms with Crippen molar-refractivity contribution < 1.29 is 23.8 Å². The third-order valence-corrected chi connectivity index (χ3v) is 3.54. The third kappa shape index (κ3) is 3.93. The average Bonchev–Trinajstić information content (AvgIpc) is 2.46. The van der Waals surface area contributed by atoms with Gasteiger partial charge in [0.2, 0.25) is 0 Å². The molecule has 0 aromatic heterocycles. The number of piperidine rings is 1. The lowest BCUT2D eigenvalue weighted by Gasteiger charge is -2.32. The van der Waals surface area contributed by atoms with Crippen LogP contribution in [0.2, 0.25) is 0 Å². The van der Waals surface area contributed by atoms with Crippen molar-refractivity contribution >= 4 is 11.9 Å². The van der Waals surface area contributed by atoms with Crippen LogP contribution in [0.4, 0.5) is 4.39 Å². The summed E-state index contributed by atoms with van der Waals surface area (Å²) in [5.41, 5.74) is 0. The van der Waals surface area contributed by atoms with E-state index in [9.17, 15) is 14.0 Å². The van der Waals surface area contributed by atoms with Gasteiger partial charge in [0.1, 0.15) is 11.6 Å². The molecule has 0 saturated carbocycles. The summed E-state index contributed by atoms with van der Waals surface area (Å²) in [5, 5.41) is 9.03. The van der Waals surface area contributed by atoms with Gasteiger partial charge in [-0.25, -0.2) is 4.39 Å². The van der Waals surface area contributed by atoms with Crippen molar-refractivity contribution in [3.05, 3.63) is 30.1 Å². The quantitative estimate of drug-likeness (QED) is 0.921. The van der Waals surface area contributed by atoms with E-state index in [0.29, 0.717) is 19.4 Å². The number of hydrogen-bond acceptors (Lipinski definition) is 3. The lowest BCUT2D eigenvalue weighted by molar-refractivity contribution is -0.147. The zero-order chi connectivity index (χ0) is 15.4. The topological polar surface area (TPSA) is 66.8 Å². The summed E-state index contributed by atoms with van der Waals surface area (Å²) in [6, 6.07) is 5.58. The Balaban J connectivity index is 1.97. The van der Waals surface area contributed by atoms with Crippen LogP contribution in [0.5, 0.6) is 5.75 Å². The fourth-order valence-electron chi connectivity index (χ4n) is 2.43. The minimum absolute atomic E-state index is 0.199. The van der Waals surface area contributed by atoms with E-state index >= 15 is 0 Å². The van der Waals surface area contributed by atoms with Gasteiger partial charge in [-0.2, -0.15) is 0 Å². The van der Waals surface area contributed by atoms with Crippen molar-refractivity contribution in [1.82, 2.24) is 4.90 Å². The van der Waals surface area contributed by atoms with Crippen molar-refractivity contribution in [3.8, 4) is 5.75 Å². The van der Waals surface area contributed by atoms with Gasteiger partial charge in [-0.05, 0) is 31.9 Å². The molecule has 1 fully saturated rings. The van der Waals surface area contributed by atoms with Gasteiger partial charge in [0.15, 0.2) is 6.10 Å². The molecule has 1 aliphatic heterocycles. The van der Waals surface area contributed by atoms with E-state index in [0.717, 1.165) is 0 Å². The van der Waals surface area contributed by atoms with Gasteiger partial charge in [0.05, 0.1) is 5.92 Å². The lowest BCUT2D eigenvalue weighted by atomic mass is 9.98. The second-order valence-electron chi connectivity index (χ2n) is 5.18. The first-order valence-corrected chi connectivity index (χ1v) is 6.91. The van der Waals surface area contributed by atoms with E-state index in [4.69, 9.17) is 9.84 Å². The Labute approximate surface area is 122 Å². The molecule has 1 heterocycles. The summed E-state index contributed by atoms with van der Waals surface area (Å²) >= 11 is 0. The summed E-state index contributed by atoms with van der Waals surface area (Å²) in [4.78, 5) is 24.8. The highest BCUT2D eigenvalue weighted by atomic mass is 19.1. The predicted octanol–water partition coefficient (Wildman–Crippen LogP) is 1.92. The summed E-state index contributed by atoms with van der Waals surface area (Å²) in [6.07, 6.45) is 0.465. The Morgan fingerprint density at radius 2 is 2.24 bits per heavy atom. The van der Waals surface area contributed by atoms with Crippen LogP contribution >= 0.6 is 0 Å². The Morgan fingerprint density at radius 3 is 2.90 bits per heavy atom. The Hall–Kier alpha value is -2.11. The molecule has 2 atom stereocenters. The minimum Gasteiger partial charge on any atom is -0.481 e. The summed E-state index contributed by atoms with van der Waals surface area (Å²) in [5.74, 6) is -1.83. The number of likely N-dealkylation sites (tertiary alicyclic amines) is 1. The van der Waals surface area contributed by atoms with Crippen LogP contribution in [0, 0.1) is 11.7 Å². The van der Waals surface area contributed by atoms with Gasteiger partial charge in [0, 0.05) is 19.2 Å². The van der Waals surface area contributed by atoms with Gasteiger partial charge < -0.3 is 14.7 Å². The number of halogens is 1. The number of ether oxygens (including phenoxy) is 1. The first-order chi connectivity index (χ1) is 9.97. The molecule has 1 amide bonds. The largest absolute Gasteiger partial charge is 0.481 e.